The Morgan fingerprint density at radius 1 is 1.17 bits per heavy atom. The first-order valence-corrected chi connectivity index (χ1v) is 9.15. The Morgan fingerprint density at radius 2 is 1.91 bits per heavy atom. The van der Waals surface area contributed by atoms with E-state index in [2.05, 4.69) is 10.2 Å². The molecule has 1 saturated heterocycles. The van der Waals surface area contributed by atoms with Gasteiger partial charge in [-0.2, -0.15) is 0 Å². The van der Waals surface area contributed by atoms with Crippen LogP contribution in [0.5, 0.6) is 0 Å². The van der Waals surface area contributed by atoms with Crippen LogP contribution < -0.4 is 5.32 Å². The standard InChI is InChI=1S/C16H13Cl2FN2S2/c17-13-6-1-10(9-14(13)18)15-21(7-8-23-15)16(22)20-12-4-2-11(19)3-5-12/h1-6,9,15H,7-8H2,(H,20,22)/t15-/m1/s1. The van der Waals surface area contributed by atoms with Crippen molar-refractivity contribution in [1.82, 2.24) is 4.90 Å². The molecule has 2 nitrogen and oxygen atoms in total. The van der Waals surface area contributed by atoms with E-state index < -0.39 is 0 Å². The van der Waals surface area contributed by atoms with Gasteiger partial charge in [0, 0.05) is 18.0 Å². The van der Waals surface area contributed by atoms with Crippen molar-refractivity contribution in [3.63, 3.8) is 0 Å². The number of hydrogen-bond acceptors (Lipinski definition) is 2. The van der Waals surface area contributed by atoms with Gasteiger partial charge in [-0.05, 0) is 54.2 Å². The van der Waals surface area contributed by atoms with Gasteiger partial charge in [0.15, 0.2) is 5.11 Å². The first-order valence-electron chi connectivity index (χ1n) is 6.94. The highest BCUT2D eigenvalue weighted by molar-refractivity contribution is 7.99. The van der Waals surface area contributed by atoms with Crippen molar-refractivity contribution in [2.45, 2.75) is 5.37 Å². The molecule has 0 bridgehead atoms. The Labute approximate surface area is 154 Å². The third-order valence-electron chi connectivity index (χ3n) is 3.48. The minimum atomic E-state index is -0.271. The molecule has 1 N–H and O–H groups in total. The number of hydrogen-bond donors (Lipinski definition) is 1. The minimum Gasteiger partial charge on any atom is -0.333 e. The summed E-state index contributed by atoms with van der Waals surface area (Å²) in [5, 5.41) is 4.93. The summed E-state index contributed by atoms with van der Waals surface area (Å²) in [7, 11) is 0. The average molecular weight is 387 g/mol. The number of thiocarbonyl (C=S) groups is 1. The quantitative estimate of drug-likeness (QED) is 0.677. The highest BCUT2D eigenvalue weighted by atomic mass is 35.5. The number of rotatable bonds is 2. The number of nitrogens with zero attached hydrogens (tertiary/aromatic N) is 1. The second kappa shape index (κ2) is 7.26. The molecule has 2 aromatic carbocycles. The second-order valence-electron chi connectivity index (χ2n) is 5.03. The van der Waals surface area contributed by atoms with Gasteiger partial charge in [0.25, 0.3) is 0 Å². The fourth-order valence-corrected chi connectivity index (χ4v) is 4.29. The topological polar surface area (TPSA) is 15.3 Å². The highest BCUT2D eigenvalue weighted by Gasteiger charge is 2.29. The van der Waals surface area contributed by atoms with E-state index in [9.17, 15) is 4.39 Å². The minimum absolute atomic E-state index is 0.0882. The monoisotopic (exact) mass is 386 g/mol. The van der Waals surface area contributed by atoms with Crippen LogP contribution in [0.2, 0.25) is 10.0 Å². The van der Waals surface area contributed by atoms with Crippen LogP contribution in [-0.4, -0.2) is 22.3 Å². The SMILES string of the molecule is Fc1ccc(NC(=S)N2CCS[C@@H]2c2ccc(Cl)c(Cl)c2)cc1. The summed E-state index contributed by atoms with van der Waals surface area (Å²) in [5.74, 6) is 0.697. The molecule has 0 unspecified atom stereocenters. The van der Waals surface area contributed by atoms with Gasteiger partial charge in [0.2, 0.25) is 0 Å². The Kier molecular flexibility index (Phi) is 5.31. The molecule has 3 rings (SSSR count). The fourth-order valence-electron chi connectivity index (χ4n) is 2.35. The summed E-state index contributed by atoms with van der Waals surface area (Å²) in [6.45, 7) is 0.836. The summed E-state index contributed by atoms with van der Waals surface area (Å²) in [6.07, 6.45) is 0. The molecule has 1 heterocycles. The maximum absolute atomic E-state index is 13.0. The van der Waals surface area contributed by atoms with Crippen molar-refractivity contribution in [3.8, 4) is 0 Å². The van der Waals surface area contributed by atoms with E-state index in [1.165, 1.54) is 12.1 Å². The lowest BCUT2D eigenvalue weighted by molar-refractivity contribution is 0.458. The van der Waals surface area contributed by atoms with E-state index in [0.717, 1.165) is 23.5 Å². The number of anilines is 1. The lowest BCUT2D eigenvalue weighted by atomic mass is 10.2. The lowest BCUT2D eigenvalue weighted by Gasteiger charge is -2.27. The van der Waals surface area contributed by atoms with E-state index >= 15 is 0 Å². The van der Waals surface area contributed by atoms with E-state index in [-0.39, 0.29) is 11.2 Å². The van der Waals surface area contributed by atoms with Crippen LogP contribution in [0.1, 0.15) is 10.9 Å². The first kappa shape index (κ1) is 16.8. The van der Waals surface area contributed by atoms with Crippen molar-refractivity contribution >= 4 is 58.0 Å². The van der Waals surface area contributed by atoms with Gasteiger partial charge in [-0.25, -0.2) is 4.39 Å². The van der Waals surface area contributed by atoms with Crippen LogP contribution in [0, 0.1) is 5.82 Å². The molecule has 0 radical (unpaired) electrons. The van der Waals surface area contributed by atoms with Gasteiger partial charge in [-0.3, -0.25) is 0 Å². The molecule has 0 aliphatic carbocycles. The molecule has 1 atom stereocenters. The van der Waals surface area contributed by atoms with Crippen LogP contribution in [-0.2, 0) is 0 Å². The molecular formula is C16H13Cl2FN2S2. The molecule has 0 aromatic heterocycles. The largest absolute Gasteiger partial charge is 0.333 e. The average Bonchev–Trinajstić information content (AvgIpc) is 3.02. The van der Waals surface area contributed by atoms with Crippen molar-refractivity contribution in [2.75, 3.05) is 17.6 Å². The van der Waals surface area contributed by atoms with Gasteiger partial charge < -0.3 is 10.2 Å². The lowest BCUT2D eigenvalue weighted by Crippen LogP contribution is -2.34. The Hall–Kier alpha value is -1.01. The molecule has 2 aromatic rings. The zero-order chi connectivity index (χ0) is 16.4. The molecule has 7 heteroatoms. The maximum atomic E-state index is 13.0. The van der Waals surface area contributed by atoms with Crippen LogP contribution >= 0.6 is 47.2 Å². The van der Waals surface area contributed by atoms with Gasteiger partial charge in [-0.15, -0.1) is 11.8 Å². The maximum Gasteiger partial charge on any atom is 0.174 e. The molecule has 1 aliphatic heterocycles. The summed E-state index contributed by atoms with van der Waals surface area (Å²) in [6, 6.07) is 11.8. The second-order valence-corrected chi connectivity index (χ2v) is 7.42. The van der Waals surface area contributed by atoms with E-state index in [1.54, 1.807) is 30.0 Å². The molecule has 120 valence electrons. The van der Waals surface area contributed by atoms with Crippen LogP contribution in [0.3, 0.4) is 0 Å². The van der Waals surface area contributed by atoms with Gasteiger partial charge in [0.05, 0.1) is 10.0 Å². The summed E-state index contributed by atoms with van der Waals surface area (Å²) in [4.78, 5) is 2.10. The molecule has 0 spiro atoms. The predicted octanol–water partition coefficient (Wildman–Crippen LogP) is 5.58. The van der Waals surface area contributed by atoms with Crippen LogP contribution in [0.15, 0.2) is 42.5 Å². The molecule has 23 heavy (non-hydrogen) atoms. The number of thioether (sulfide) groups is 1. The van der Waals surface area contributed by atoms with Crippen molar-refractivity contribution in [2.24, 2.45) is 0 Å². The molecule has 0 saturated carbocycles. The van der Waals surface area contributed by atoms with Crippen molar-refractivity contribution < 1.29 is 4.39 Å². The van der Waals surface area contributed by atoms with Crippen molar-refractivity contribution in [3.05, 3.63) is 63.9 Å². The third-order valence-corrected chi connectivity index (χ3v) is 5.81. The van der Waals surface area contributed by atoms with Crippen LogP contribution in [0.25, 0.3) is 0 Å². The Bertz CT molecular complexity index is 725. The third kappa shape index (κ3) is 3.91. The van der Waals surface area contributed by atoms with Gasteiger partial charge in [0.1, 0.15) is 11.2 Å². The molecular weight excluding hydrogens is 374 g/mol. The number of benzene rings is 2. The summed E-state index contributed by atoms with van der Waals surface area (Å²) in [5.41, 5.74) is 1.83. The predicted molar refractivity (Wildman–Crippen MR) is 101 cm³/mol. The van der Waals surface area contributed by atoms with Gasteiger partial charge >= 0.3 is 0 Å². The molecule has 0 amide bonds. The van der Waals surface area contributed by atoms with E-state index in [1.807, 2.05) is 12.1 Å². The highest BCUT2D eigenvalue weighted by Crippen LogP contribution is 2.40. The van der Waals surface area contributed by atoms with E-state index in [4.69, 9.17) is 35.4 Å². The molecule has 1 fully saturated rings. The first-order chi connectivity index (χ1) is 11.0. The van der Waals surface area contributed by atoms with E-state index in [0.29, 0.717) is 15.2 Å². The van der Waals surface area contributed by atoms with Gasteiger partial charge in [-0.1, -0.05) is 29.3 Å². The molecule has 1 aliphatic rings. The normalized spacial score (nSPS) is 17.3. The smallest absolute Gasteiger partial charge is 0.174 e. The Balaban J connectivity index is 1.76. The zero-order valence-corrected chi connectivity index (χ0v) is 15.1. The number of nitrogens with one attached hydrogen (secondary N) is 1. The summed E-state index contributed by atoms with van der Waals surface area (Å²) >= 11 is 19.4. The number of halogens is 3. The van der Waals surface area contributed by atoms with Crippen molar-refractivity contribution in [1.29, 1.82) is 0 Å². The Morgan fingerprint density at radius 3 is 2.61 bits per heavy atom. The fraction of sp³-hybridized carbons (Fsp3) is 0.188. The summed E-state index contributed by atoms with van der Waals surface area (Å²) < 4.78 is 13.0. The zero-order valence-electron chi connectivity index (χ0n) is 11.9. The van der Waals surface area contributed by atoms with Crippen LogP contribution in [0.4, 0.5) is 10.1 Å².